The number of aromatic nitrogens is 1. The number of aryl methyl sites for hydroxylation is 1. The van der Waals surface area contributed by atoms with Crippen LogP contribution in [0.1, 0.15) is 16.8 Å². The Bertz CT molecular complexity index is 451. The highest BCUT2D eigenvalue weighted by Crippen LogP contribution is 2.16. The molecule has 0 fully saturated rings. The smallest absolute Gasteiger partial charge is 0.0794 e. The van der Waals surface area contributed by atoms with E-state index in [1.165, 1.54) is 16.8 Å². The number of hydrogen-bond donors (Lipinski definition) is 1. The van der Waals surface area contributed by atoms with Gasteiger partial charge in [-0.15, -0.1) is 11.3 Å². The largest absolute Gasteiger partial charge is 0.330 e. The van der Waals surface area contributed by atoms with Crippen LogP contribution in [0.15, 0.2) is 35.2 Å². The van der Waals surface area contributed by atoms with Gasteiger partial charge in [-0.05, 0) is 43.4 Å². The lowest BCUT2D eigenvalue weighted by Gasteiger charge is -2.15. The van der Waals surface area contributed by atoms with Crippen LogP contribution < -0.4 is 5.73 Å². The number of hydrogen-bond acceptors (Lipinski definition) is 3. The average molecular weight is 246 g/mol. The zero-order valence-electron chi connectivity index (χ0n) is 10.1. The highest BCUT2D eigenvalue weighted by atomic mass is 32.1. The maximum absolute atomic E-state index is 5.86. The molecule has 0 saturated carbocycles. The quantitative estimate of drug-likeness (QED) is 0.881. The summed E-state index contributed by atoms with van der Waals surface area (Å²) in [5.74, 6) is 0.484. The molecule has 1 heterocycles. The fourth-order valence-electron chi connectivity index (χ4n) is 2.02. The number of thiazole rings is 1. The maximum atomic E-state index is 5.86. The molecule has 0 aliphatic rings. The van der Waals surface area contributed by atoms with Crippen LogP contribution in [0, 0.1) is 12.8 Å². The molecule has 0 bridgehead atoms. The Kier molecular flexibility index (Phi) is 4.29. The molecule has 2 N–H and O–H groups in total. The van der Waals surface area contributed by atoms with Gasteiger partial charge in [0.15, 0.2) is 0 Å². The Labute approximate surface area is 107 Å². The molecule has 1 aromatic carbocycles. The molecule has 0 saturated heterocycles. The van der Waals surface area contributed by atoms with E-state index in [1.54, 1.807) is 11.3 Å². The Hall–Kier alpha value is -1.19. The van der Waals surface area contributed by atoms with Crippen LogP contribution in [-0.4, -0.2) is 11.5 Å². The van der Waals surface area contributed by atoms with Crippen LogP contribution in [0.5, 0.6) is 0 Å². The van der Waals surface area contributed by atoms with E-state index in [1.807, 2.05) is 5.51 Å². The Morgan fingerprint density at radius 1 is 1.29 bits per heavy atom. The van der Waals surface area contributed by atoms with E-state index in [0.29, 0.717) is 12.5 Å². The Morgan fingerprint density at radius 3 is 2.76 bits per heavy atom. The second kappa shape index (κ2) is 5.94. The lowest BCUT2D eigenvalue weighted by molar-refractivity contribution is 0.527. The van der Waals surface area contributed by atoms with Gasteiger partial charge in [0.1, 0.15) is 0 Å². The van der Waals surface area contributed by atoms with Crippen molar-refractivity contribution in [3.05, 3.63) is 52.0 Å². The monoisotopic (exact) mass is 246 g/mol. The van der Waals surface area contributed by atoms with Crippen molar-refractivity contribution in [1.29, 1.82) is 0 Å². The Balaban J connectivity index is 2.03. The first-order valence-electron chi connectivity index (χ1n) is 5.91. The summed E-state index contributed by atoms with van der Waals surface area (Å²) in [5.41, 5.74) is 11.7. The lowest BCUT2D eigenvalue weighted by Crippen LogP contribution is -2.19. The van der Waals surface area contributed by atoms with Gasteiger partial charge in [0.2, 0.25) is 0 Å². The molecule has 2 nitrogen and oxygen atoms in total. The summed E-state index contributed by atoms with van der Waals surface area (Å²) in [6.07, 6.45) is 2.02. The van der Waals surface area contributed by atoms with E-state index in [-0.39, 0.29) is 0 Å². The van der Waals surface area contributed by atoms with Crippen molar-refractivity contribution < 1.29 is 0 Å². The van der Waals surface area contributed by atoms with Gasteiger partial charge in [0.05, 0.1) is 11.2 Å². The van der Waals surface area contributed by atoms with Crippen LogP contribution in [0.3, 0.4) is 0 Å². The standard InChI is InChI=1S/C14H18N2S/c1-11-4-2-3-5-13(11)6-12(8-15)7-14-9-17-10-16-14/h2-5,9-10,12H,6-8,15H2,1H3. The molecule has 1 aromatic heterocycles. The van der Waals surface area contributed by atoms with E-state index >= 15 is 0 Å². The first kappa shape index (κ1) is 12.3. The highest BCUT2D eigenvalue weighted by Gasteiger charge is 2.11. The fraction of sp³-hybridized carbons (Fsp3) is 0.357. The first-order valence-corrected chi connectivity index (χ1v) is 6.85. The van der Waals surface area contributed by atoms with Crippen molar-refractivity contribution in [3.8, 4) is 0 Å². The van der Waals surface area contributed by atoms with Gasteiger partial charge in [-0.25, -0.2) is 4.98 Å². The van der Waals surface area contributed by atoms with E-state index in [4.69, 9.17) is 5.73 Å². The molecule has 17 heavy (non-hydrogen) atoms. The summed E-state index contributed by atoms with van der Waals surface area (Å²) < 4.78 is 0. The minimum absolute atomic E-state index is 0.484. The van der Waals surface area contributed by atoms with E-state index in [0.717, 1.165) is 12.8 Å². The predicted octanol–water partition coefficient (Wildman–Crippen LogP) is 2.81. The SMILES string of the molecule is Cc1ccccc1CC(CN)Cc1cscn1. The minimum atomic E-state index is 0.484. The van der Waals surface area contributed by atoms with Crippen molar-refractivity contribution in [3.63, 3.8) is 0 Å². The lowest BCUT2D eigenvalue weighted by atomic mass is 9.93. The van der Waals surface area contributed by atoms with Gasteiger partial charge in [0, 0.05) is 5.38 Å². The minimum Gasteiger partial charge on any atom is -0.330 e. The van der Waals surface area contributed by atoms with Crippen LogP contribution in [0.2, 0.25) is 0 Å². The molecule has 1 unspecified atom stereocenters. The van der Waals surface area contributed by atoms with Crippen molar-refractivity contribution in [2.24, 2.45) is 11.7 Å². The molecule has 1 atom stereocenters. The fourth-order valence-corrected chi connectivity index (χ4v) is 2.59. The second-order valence-electron chi connectivity index (χ2n) is 4.42. The molecule has 0 aliphatic carbocycles. The van der Waals surface area contributed by atoms with Crippen LogP contribution >= 0.6 is 11.3 Å². The number of benzene rings is 1. The molecular formula is C14H18N2S. The average Bonchev–Trinajstić information content (AvgIpc) is 2.84. The van der Waals surface area contributed by atoms with Gasteiger partial charge in [-0.1, -0.05) is 24.3 Å². The predicted molar refractivity (Wildman–Crippen MR) is 73.2 cm³/mol. The zero-order chi connectivity index (χ0) is 12.1. The number of nitrogens with zero attached hydrogens (tertiary/aromatic N) is 1. The topological polar surface area (TPSA) is 38.9 Å². The van der Waals surface area contributed by atoms with Crippen molar-refractivity contribution >= 4 is 11.3 Å². The normalized spacial score (nSPS) is 12.6. The van der Waals surface area contributed by atoms with Gasteiger partial charge in [0.25, 0.3) is 0 Å². The number of rotatable bonds is 5. The Morgan fingerprint density at radius 2 is 2.12 bits per heavy atom. The summed E-state index contributed by atoms with van der Waals surface area (Å²) in [4.78, 5) is 4.33. The van der Waals surface area contributed by atoms with E-state index in [2.05, 4.69) is 41.6 Å². The van der Waals surface area contributed by atoms with Gasteiger partial charge in [-0.2, -0.15) is 0 Å². The van der Waals surface area contributed by atoms with Gasteiger partial charge >= 0.3 is 0 Å². The summed E-state index contributed by atoms with van der Waals surface area (Å²) >= 11 is 1.65. The summed E-state index contributed by atoms with van der Waals surface area (Å²) in [7, 11) is 0. The maximum Gasteiger partial charge on any atom is 0.0794 e. The third-order valence-electron chi connectivity index (χ3n) is 3.08. The summed E-state index contributed by atoms with van der Waals surface area (Å²) in [5, 5.41) is 2.11. The molecule has 90 valence electrons. The van der Waals surface area contributed by atoms with E-state index < -0.39 is 0 Å². The molecule has 2 rings (SSSR count). The molecule has 0 amide bonds. The van der Waals surface area contributed by atoms with Crippen LogP contribution in [0.25, 0.3) is 0 Å². The van der Waals surface area contributed by atoms with Crippen LogP contribution in [-0.2, 0) is 12.8 Å². The molecule has 0 spiro atoms. The van der Waals surface area contributed by atoms with Crippen LogP contribution in [0.4, 0.5) is 0 Å². The zero-order valence-corrected chi connectivity index (χ0v) is 10.9. The second-order valence-corrected chi connectivity index (χ2v) is 5.13. The van der Waals surface area contributed by atoms with Gasteiger partial charge < -0.3 is 5.73 Å². The third-order valence-corrected chi connectivity index (χ3v) is 3.72. The number of nitrogens with two attached hydrogens (primary N) is 1. The summed E-state index contributed by atoms with van der Waals surface area (Å²) in [6, 6.07) is 8.53. The van der Waals surface area contributed by atoms with Crippen molar-refractivity contribution in [1.82, 2.24) is 4.98 Å². The first-order chi connectivity index (χ1) is 8.29. The summed E-state index contributed by atoms with van der Waals surface area (Å²) in [6.45, 7) is 2.87. The van der Waals surface area contributed by atoms with Gasteiger partial charge in [-0.3, -0.25) is 0 Å². The van der Waals surface area contributed by atoms with E-state index in [9.17, 15) is 0 Å². The third kappa shape index (κ3) is 3.38. The van der Waals surface area contributed by atoms with Crippen molar-refractivity contribution in [2.45, 2.75) is 19.8 Å². The van der Waals surface area contributed by atoms with Crippen molar-refractivity contribution in [2.75, 3.05) is 6.54 Å². The molecule has 0 aliphatic heterocycles. The highest BCUT2D eigenvalue weighted by molar-refractivity contribution is 7.07. The molecule has 3 heteroatoms. The molecular weight excluding hydrogens is 228 g/mol. The molecule has 2 aromatic rings. The molecule has 0 radical (unpaired) electrons.